The standard InChI is InChI=1S/C44H54N2O5/c1-30(47)50-39-23-20-33-27-37-35-21-22-36(43-44(35,41(33)42(39)51-43)24-26-45(37)29-34-28-38(34)48)46(25-12-11-18-32-15-7-3-8-16-32)40(49)19-10-4-9-17-31-13-5-2-6-14-31/h2-3,5-8,13-16,20,23,34-38,43,48H,4,9-12,17-19,21-22,24-29H2,1H3/t34?,35-,36+,37+,38?,43-,44-/m0/s1. The van der Waals surface area contributed by atoms with Crippen molar-refractivity contribution in [1.29, 1.82) is 0 Å². The summed E-state index contributed by atoms with van der Waals surface area (Å²) in [5, 5.41) is 10.2. The van der Waals surface area contributed by atoms with Crippen LogP contribution in [0, 0.1) is 11.8 Å². The molecule has 7 heteroatoms. The quantitative estimate of drug-likeness (QED) is 0.105. The summed E-state index contributed by atoms with van der Waals surface area (Å²) in [6.45, 7) is 4.10. The van der Waals surface area contributed by atoms with Gasteiger partial charge in [-0.05, 0) is 106 Å². The number of esters is 1. The molecule has 2 aliphatic heterocycles. The number of rotatable bonds is 15. The zero-order chi connectivity index (χ0) is 35.0. The Labute approximate surface area is 303 Å². The lowest BCUT2D eigenvalue weighted by Crippen LogP contribution is -2.69. The van der Waals surface area contributed by atoms with Crippen molar-refractivity contribution in [3.05, 3.63) is 95.1 Å². The Bertz CT molecular complexity index is 1700. The summed E-state index contributed by atoms with van der Waals surface area (Å²) in [6, 6.07) is 25.7. The Hall–Kier alpha value is -3.68. The van der Waals surface area contributed by atoms with Crippen LogP contribution in [0.1, 0.15) is 93.4 Å². The molecule has 2 heterocycles. The smallest absolute Gasteiger partial charge is 0.308 e. The molecule has 7 nitrogen and oxygen atoms in total. The van der Waals surface area contributed by atoms with Gasteiger partial charge in [0.25, 0.3) is 0 Å². The number of likely N-dealkylation sites (tertiary alicyclic amines) is 1. The first kappa shape index (κ1) is 34.4. The Morgan fingerprint density at radius 3 is 2.31 bits per heavy atom. The molecule has 1 amide bonds. The van der Waals surface area contributed by atoms with Crippen molar-refractivity contribution in [3.8, 4) is 11.5 Å². The van der Waals surface area contributed by atoms with Gasteiger partial charge in [0, 0.05) is 49.4 Å². The summed E-state index contributed by atoms with van der Waals surface area (Å²) in [5.41, 5.74) is 5.03. The number of aliphatic hydroxyl groups excluding tert-OH is 1. The summed E-state index contributed by atoms with van der Waals surface area (Å²) >= 11 is 0. The van der Waals surface area contributed by atoms with Crippen LogP contribution in [0.25, 0.3) is 0 Å². The molecule has 0 aromatic heterocycles. The van der Waals surface area contributed by atoms with Crippen molar-refractivity contribution in [3.63, 3.8) is 0 Å². The largest absolute Gasteiger partial charge is 0.483 e. The van der Waals surface area contributed by atoms with Crippen LogP contribution >= 0.6 is 0 Å². The van der Waals surface area contributed by atoms with E-state index in [1.807, 2.05) is 6.07 Å². The molecule has 2 unspecified atom stereocenters. The number of aryl methyl sites for hydroxylation is 2. The van der Waals surface area contributed by atoms with E-state index in [-0.39, 0.29) is 35.5 Å². The van der Waals surface area contributed by atoms with Crippen LogP contribution in [0.4, 0.5) is 0 Å². The van der Waals surface area contributed by atoms with Gasteiger partial charge in [0.2, 0.25) is 5.91 Å². The highest BCUT2D eigenvalue weighted by Crippen LogP contribution is 2.64. The molecule has 3 aromatic carbocycles. The number of carbonyl (C=O) groups is 2. The molecule has 5 aliphatic rings. The van der Waals surface area contributed by atoms with Crippen molar-refractivity contribution >= 4 is 11.9 Å². The number of aliphatic hydroxyl groups is 1. The minimum Gasteiger partial charge on any atom is -0.483 e. The highest BCUT2D eigenvalue weighted by molar-refractivity contribution is 5.77. The number of hydrogen-bond donors (Lipinski definition) is 1. The van der Waals surface area contributed by atoms with Crippen molar-refractivity contribution in [1.82, 2.24) is 9.80 Å². The van der Waals surface area contributed by atoms with Crippen LogP contribution in [0.15, 0.2) is 72.8 Å². The number of unbranched alkanes of at least 4 members (excludes halogenated alkanes) is 3. The van der Waals surface area contributed by atoms with E-state index in [2.05, 4.69) is 76.5 Å². The van der Waals surface area contributed by atoms with Gasteiger partial charge >= 0.3 is 5.97 Å². The molecule has 1 N–H and O–H groups in total. The fraction of sp³-hybridized carbons (Fsp3) is 0.545. The summed E-state index contributed by atoms with van der Waals surface area (Å²) in [7, 11) is 0. The van der Waals surface area contributed by atoms with Crippen molar-refractivity contribution < 1.29 is 24.2 Å². The summed E-state index contributed by atoms with van der Waals surface area (Å²) in [5.74, 6) is 1.95. The van der Waals surface area contributed by atoms with Crippen LogP contribution in [0.2, 0.25) is 0 Å². The number of amides is 1. The maximum absolute atomic E-state index is 14.4. The van der Waals surface area contributed by atoms with E-state index in [0.717, 1.165) is 102 Å². The molecule has 1 saturated heterocycles. The average molecular weight is 691 g/mol. The molecule has 8 rings (SSSR count). The number of ether oxygens (including phenoxy) is 2. The minimum atomic E-state index is -0.343. The van der Waals surface area contributed by atoms with Crippen LogP contribution < -0.4 is 9.47 Å². The third-order valence-electron chi connectivity index (χ3n) is 12.9. The second-order valence-electron chi connectivity index (χ2n) is 16.0. The summed E-state index contributed by atoms with van der Waals surface area (Å²) < 4.78 is 12.9. The molecule has 1 spiro atoms. The molecule has 270 valence electrons. The molecule has 2 bridgehead atoms. The van der Waals surface area contributed by atoms with Gasteiger partial charge < -0.3 is 19.5 Å². The second kappa shape index (κ2) is 14.7. The molecular formula is C44H54N2O5. The molecule has 3 aliphatic carbocycles. The summed E-state index contributed by atoms with van der Waals surface area (Å²) in [6.07, 6.45) is 12.0. The topological polar surface area (TPSA) is 79.3 Å². The van der Waals surface area contributed by atoms with E-state index in [4.69, 9.17) is 9.47 Å². The first-order valence-electron chi connectivity index (χ1n) is 19.7. The average Bonchev–Trinajstić information content (AvgIpc) is 3.72. The Kier molecular flexibility index (Phi) is 9.95. The fourth-order valence-corrected chi connectivity index (χ4v) is 10.4. The Morgan fingerprint density at radius 1 is 0.922 bits per heavy atom. The van der Waals surface area contributed by atoms with Crippen LogP contribution in [0.3, 0.4) is 0 Å². The van der Waals surface area contributed by atoms with Gasteiger partial charge in [0.05, 0.1) is 12.1 Å². The summed E-state index contributed by atoms with van der Waals surface area (Å²) in [4.78, 5) is 31.6. The fourth-order valence-electron chi connectivity index (χ4n) is 10.4. The van der Waals surface area contributed by atoms with E-state index < -0.39 is 0 Å². The van der Waals surface area contributed by atoms with Gasteiger partial charge in [0.1, 0.15) is 6.10 Å². The lowest BCUT2D eigenvalue weighted by molar-refractivity contribution is -0.143. The maximum atomic E-state index is 14.4. The van der Waals surface area contributed by atoms with E-state index >= 15 is 0 Å². The lowest BCUT2D eigenvalue weighted by Gasteiger charge is -2.60. The molecule has 51 heavy (non-hydrogen) atoms. The highest BCUT2D eigenvalue weighted by atomic mass is 16.6. The molecule has 3 fully saturated rings. The van der Waals surface area contributed by atoms with E-state index in [1.165, 1.54) is 29.2 Å². The van der Waals surface area contributed by atoms with Crippen LogP contribution in [0.5, 0.6) is 11.5 Å². The van der Waals surface area contributed by atoms with E-state index in [1.54, 1.807) is 0 Å². The third-order valence-corrected chi connectivity index (χ3v) is 12.9. The van der Waals surface area contributed by atoms with Crippen LogP contribution in [-0.4, -0.2) is 70.7 Å². The number of piperidine rings is 1. The molecule has 2 saturated carbocycles. The van der Waals surface area contributed by atoms with Gasteiger partial charge in [-0.15, -0.1) is 0 Å². The minimum absolute atomic E-state index is 0.0317. The first-order chi connectivity index (χ1) is 24.9. The number of benzene rings is 3. The zero-order valence-electron chi connectivity index (χ0n) is 30.2. The van der Waals surface area contributed by atoms with Crippen LogP contribution in [-0.2, 0) is 34.3 Å². The van der Waals surface area contributed by atoms with Gasteiger partial charge in [0.15, 0.2) is 11.5 Å². The number of nitrogens with zero attached hydrogens (tertiary/aromatic N) is 2. The highest BCUT2D eigenvalue weighted by Gasteiger charge is 2.67. The predicted molar refractivity (Wildman–Crippen MR) is 198 cm³/mol. The SMILES string of the molecule is CC(=O)Oc1ccc2c3c1O[C@H]1[C@H](N(CCCCc4ccccc4)C(=O)CCCCCc4ccccc4)CC[C@H]4[C@@H](C2)N(CC2CC2O)CC[C@@]341. The lowest BCUT2D eigenvalue weighted by atomic mass is 9.51. The van der Waals surface area contributed by atoms with Gasteiger partial charge in [-0.3, -0.25) is 14.5 Å². The predicted octanol–water partition coefficient (Wildman–Crippen LogP) is 7.06. The normalized spacial score (nSPS) is 28.4. The number of carbonyl (C=O) groups excluding carboxylic acids is 2. The third kappa shape index (κ3) is 6.84. The van der Waals surface area contributed by atoms with E-state index in [9.17, 15) is 14.7 Å². The monoisotopic (exact) mass is 690 g/mol. The van der Waals surface area contributed by atoms with Crippen molar-refractivity contribution in [2.24, 2.45) is 11.8 Å². The van der Waals surface area contributed by atoms with Gasteiger partial charge in [-0.2, -0.15) is 0 Å². The van der Waals surface area contributed by atoms with Crippen molar-refractivity contribution in [2.45, 2.75) is 120 Å². The Morgan fingerprint density at radius 2 is 1.63 bits per heavy atom. The molecule has 0 radical (unpaired) electrons. The second-order valence-corrected chi connectivity index (χ2v) is 16.0. The molecular weight excluding hydrogens is 636 g/mol. The van der Waals surface area contributed by atoms with Crippen molar-refractivity contribution in [2.75, 3.05) is 19.6 Å². The number of hydrogen-bond acceptors (Lipinski definition) is 6. The maximum Gasteiger partial charge on any atom is 0.308 e. The van der Waals surface area contributed by atoms with E-state index in [0.29, 0.717) is 30.0 Å². The van der Waals surface area contributed by atoms with Gasteiger partial charge in [-0.25, -0.2) is 0 Å². The molecule has 3 aromatic rings. The Balaban J connectivity index is 1.05. The zero-order valence-corrected chi connectivity index (χ0v) is 30.2. The molecule has 7 atom stereocenters. The van der Waals surface area contributed by atoms with Gasteiger partial charge in [-0.1, -0.05) is 73.2 Å². The first-order valence-corrected chi connectivity index (χ1v) is 19.7.